The van der Waals surface area contributed by atoms with E-state index < -0.39 is 12.1 Å². The number of aliphatic hydroxyl groups excluding tert-OH is 2. The van der Waals surface area contributed by atoms with Crippen LogP contribution < -0.4 is 0 Å². The molecule has 0 saturated heterocycles. The third-order valence-electron chi connectivity index (χ3n) is 1.93. The zero-order chi connectivity index (χ0) is 12.1. The van der Waals surface area contributed by atoms with Crippen molar-refractivity contribution in [1.29, 1.82) is 0 Å². The van der Waals surface area contributed by atoms with Gasteiger partial charge in [-0.25, -0.2) is 9.78 Å². The first-order valence-electron chi connectivity index (χ1n) is 4.67. The molecule has 3 N–H and O–H groups in total. The summed E-state index contributed by atoms with van der Waals surface area (Å²) in [6, 6.07) is 3.07. The van der Waals surface area contributed by atoms with Gasteiger partial charge in [0.25, 0.3) is 0 Å². The second-order valence-corrected chi connectivity index (χ2v) is 4.28. The second-order valence-electron chi connectivity index (χ2n) is 3.24. The Bertz CT molecular complexity index is 383. The first-order valence-corrected chi connectivity index (χ1v) is 5.65. The maximum Gasteiger partial charge on any atom is 0.337 e. The van der Waals surface area contributed by atoms with E-state index in [1.165, 1.54) is 17.8 Å². The Morgan fingerprint density at radius 3 is 2.75 bits per heavy atom. The lowest BCUT2D eigenvalue weighted by molar-refractivity contribution is 0.0695. The molecule has 0 bridgehead atoms. The normalized spacial score (nSPS) is 12.4. The van der Waals surface area contributed by atoms with Crippen LogP contribution in [0.5, 0.6) is 0 Å². The molecule has 1 aromatic rings. The summed E-state index contributed by atoms with van der Waals surface area (Å²) in [5, 5.41) is 27.2. The Morgan fingerprint density at radius 2 is 2.25 bits per heavy atom. The van der Waals surface area contributed by atoms with E-state index >= 15 is 0 Å². The fraction of sp³-hybridized carbons (Fsp3) is 0.400. The zero-order valence-corrected chi connectivity index (χ0v) is 9.57. The van der Waals surface area contributed by atoms with Gasteiger partial charge < -0.3 is 15.3 Å². The molecule has 0 spiro atoms. The van der Waals surface area contributed by atoms with Crippen molar-refractivity contribution in [2.75, 3.05) is 12.4 Å². The van der Waals surface area contributed by atoms with Gasteiger partial charge in [-0.05, 0) is 19.1 Å². The van der Waals surface area contributed by atoms with Crippen molar-refractivity contribution in [3.8, 4) is 0 Å². The molecule has 0 fully saturated rings. The minimum absolute atomic E-state index is 0.173. The number of hydrogen-bond donors (Lipinski definition) is 3. The molecule has 0 amide bonds. The molecule has 6 heteroatoms. The zero-order valence-electron chi connectivity index (χ0n) is 8.75. The molecule has 0 aromatic carbocycles. The van der Waals surface area contributed by atoms with Gasteiger partial charge in [-0.15, -0.1) is 11.8 Å². The van der Waals surface area contributed by atoms with Gasteiger partial charge in [0.2, 0.25) is 0 Å². The summed E-state index contributed by atoms with van der Waals surface area (Å²) in [4.78, 5) is 14.8. The van der Waals surface area contributed by atoms with E-state index in [1.54, 1.807) is 13.0 Å². The Labute approximate surface area is 97.1 Å². The maximum atomic E-state index is 10.7. The van der Waals surface area contributed by atoms with E-state index in [0.717, 1.165) is 0 Å². The van der Waals surface area contributed by atoms with Crippen molar-refractivity contribution in [3.05, 3.63) is 23.4 Å². The minimum atomic E-state index is -1.00. The average Bonchev–Trinajstić information content (AvgIpc) is 2.25. The molecule has 1 aromatic heterocycles. The van der Waals surface area contributed by atoms with Gasteiger partial charge in [0.15, 0.2) is 0 Å². The van der Waals surface area contributed by atoms with E-state index in [1.807, 2.05) is 0 Å². The topological polar surface area (TPSA) is 90.7 Å². The van der Waals surface area contributed by atoms with Crippen molar-refractivity contribution in [2.45, 2.75) is 18.1 Å². The van der Waals surface area contributed by atoms with Crippen LogP contribution in [0.1, 0.15) is 16.1 Å². The highest BCUT2D eigenvalue weighted by molar-refractivity contribution is 7.99. The number of pyridine rings is 1. The molecule has 16 heavy (non-hydrogen) atoms. The average molecular weight is 243 g/mol. The fourth-order valence-corrected chi connectivity index (χ4v) is 1.91. The van der Waals surface area contributed by atoms with E-state index in [9.17, 15) is 4.79 Å². The molecule has 1 heterocycles. The van der Waals surface area contributed by atoms with Crippen LogP contribution in [0.15, 0.2) is 17.2 Å². The van der Waals surface area contributed by atoms with Gasteiger partial charge in [0, 0.05) is 5.75 Å². The third kappa shape index (κ3) is 3.48. The highest BCUT2D eigenvalue weighted by atomic mass is 32.2. The second kappa shape index (κ2) is 5.83. The molecular weight excluding hydrogens is 230 g/mol. The summed E-state index contributed by atoms with van der Waals surface area (Å²) < 4.78 is 0. The van der Waals surface area contributed by atoms with Gasteiger partial charge >= 0.3 is 5.97 Å². The maximum absolute atomic E-state index is 10.7. The first-order chi connectivity index (χ1) is 7.54. The van der Waals surface area contributed by atoms with Crippen molar-refractivity contribution in [1.82, 2.24) is 4.98 Å². The van der Waals surface area contributed by atoms with Crippen LogP contribution in [0.25, 0.3) is 0 Å². The van der Waals surface area contributed by atoms with Crippen LogP contribution in [0, 0.1) is 6.92 Å². The number of aliphatic hydroxyl groups is 2. The predicted molar refractivity (Wildman–Crippen MR) is 59.7 cm³/mol. The van der Waals surface area contributed by atoms with Gasteiger partial charge in [-0.1, -0.05) is 0 Å². The quantitative estimate of drug-likeness (QED) is 0.654. The predicted octanol–water partition coefficient (Wildman–Crippen LogP) is 0.534. The summed E-state index contributed by atoms with van der Waals surface area (Å²) in [6.07, 6.45) is -0.786. The fourth-order valence-electron chi connectivity index (χ4n) is 1.08. The van der Waals surface area contributed by atoms with Crippen molar-refractivity contribution in [2.24, 2.45) is 0 Å². The third-order valence-corrected chi connectivity index (χ3v) is 3.00. The number of carbonyl (C=O) groups is 1. The van der Waals surface area contributed by atoms with Gasteiger partial charge in [0.05, 0.1) is 29.0 Å². The molecule has 0 aliphatic carbocycles. The Kier molecular flexibility index (Phi) is 4.72. The molecule has 5 nitrogen and oxygen atoms in total. The molecule has 88 valence electrons. The number of thioether (sulfide) groups is 1. The van der Waals surface area contributed by atoms with Gasteiger partial charge in [-0.3, -0.25) is 0 Å². The van der Waals surface area contributed by atoms with Crippen LogP contribution >= 0.6 is 11.8 Å². The lowest BCUT2D eigenvalue weighted by atomic mass is 10.2. The van der Waals surface area contributed by atoms with Crippen LogP contribution in [0.2, 0.25) is 0 Å². The molecule has 0 aliphatic rings. The molecular formula is C10H13NO4S. The Morgan fingerprint density at radius 1 is 1.56 bits per heavy atom. The molecule has 1 unspecified atom stereocenters. The van der Waals surface area contributed by atoms with Crippen LogP contribution in [-0.2, 0) is 0 Å². The van der Waals surface area contributed by atoms with Gasteiger partial charge in [-0.2, -0.15) is 0 Å². The number of carboxylic acid groups (broad SMARTS) is 1. The van der Waals surface area contributed by atoms with E-state index in [4.69, 9.17) is 15.3 Å². The number of aromatic carboxylic acids is 1. The molecule has 0 aliphatic heterocycles. The summed E-state index contributed by atoms with van der Waals surface area (Å²) in [6.45, 7) is 1.33. The summed E-state index contributed by atoms with van der Waals surface area (Å²) in [5.74, 6) is -0.674. The largest absolute Gasteiger partial charge is 0.478 e. The number of hydrogen-bond acceptors (Lipinski definition) is 5. The molecule has 1 atom stereocenters. The standard InChI is InChI=1S/C10H13NO4S/c1-6-8(10(14)15)2-3-9(11-6)16-5-7(13)4-12/h2-3,7,12-13H,4-5H2,1H3,(H,14,15). The molecule has 0 saturated carbocycles. The smallest absolute Gasteiger partial charge is 0.337 e. The molecule has 1 rings (SSSR count). The summed E-state index contributed by atoms with van der Waals surface area (Å²) >= 11 is 1.27. The highest BCUT2D eigenvalue weighted by Gasteiger charge is 2.10. The van der Waals surface area contributed by atoms with Crippen molar-refractivity contribution >= 4 is 17.7 Å². The number of rotatable bonds is 5. The van der Waals surface area contributed by atoms with Crippen LogP contribution in [-0.4, -0.2) is 44.7 Å². The van der Waals surface area contributed by atoms with E-state index in [0.29, 0.717) is 16.5 Å². The minimum Gasteiger partial charge on any atom is -0.478 e. The lowest BCUT2D eigenvalue weighted by Crippen LogP contribution is -2.14. The number of aryl methyl sites for hydroxylation is 1. The van der Waals surface area contributed by atoms with E-state index in [2.05, 4.69) is 4.98 Å². The Hall–Kier alpha value is -1.11. The summed E-state index contributed by atoms with van der Waals surface area (Å²) in [5.41, 5.74) is 0.614. The monoisotopic (exact) mass is 243 g/mol. The lowest BCUT2D eigenvalue weighted by Gasteiger charge is -2.07. The number of aromatic nitrogens is 1. The summed E-state index contributed by atoms with van der Waals surface area (Å²) in [7, 11) is 0. The van der Waals surface area contributed by atoms with Crippen molar-refractivity contribution in [3.63, 3.8) is 0 Å². The van der Waals surface area contributed by atoms with Crippen molar-refractivity contribution < 1.29 is 20.1 Å². The SMILES string of the molecule is Cc1nc(SCC(O)CO)ccc1C(=O)O. The van der Waals surface area contributed by atoms with Crippen LogP contribution in [0.3, 0.4) is 0 Å². The van der Waals surface area contributed by atoms with E-state index in [-0.39, 0.29) is 12.2 Å². The highest BCUT2D eigenvalue weighted by Crippen LogP contribution is 2.18. The van der Waals surface area contributed by atoms with Crippen LogP contribution in [0.4, 0.5) is 0 Å². The Balaban J connectivity index is 2.70. The first kappa shape index (κ1) is 13.0. The number of nitrogens with zero attached hydrogens (tertiary/aromatic N) is 1. The van der Waals surface area contributed by atoms with Gasteiger partial charge in [0.1, 0.15) is 0 Å². The number of carboxylic acids is 1. The molecule has 0 radical (unpaired) electrons.